The number of aromatic nitrogens is 1. The predicted octanol–water partition coefficient (Wildman–Crippen LogP) is 6.13. The summed E-state index contributed by atoms with van der Waals surface area (Å²) in [5.41, 5.74) is 4.10. The summed E-state index contributed by atoms with van der Waals surface area (Å²) in [7, 11) is 0. The first-order valence-electron chi connectivity index (χ1n) is 15.4. The average molecular weight is 670 g/mol. The second kappa shape index (κ2) is 12.6. The molecule has 2 aliphatic rings. The lowest BCUT2D eigenvalue weighted by Crippen LogP contribution is -2.33. The summed E-state index contributed by atoms with van der Waals surface area (Å²) in [6, 6.07) is 21.6. The lowest BCUT2D eigenvalue weighted by molar-refractivity contribution is -0.122. The van der Waals surface area contributed by atoms with Gasteiger partial charge in [0.1, 0.15) is 11.8 Å². The molecule has 1 fully saturated rings. The van der Waals surface area contributed by atoms with E-state index in [1.54, 1.807) is 25.1 Å². The molecule has 3 atom stereocenters. The molecule has 0 spiro atoms. The van der Waals surface area contributed by atoms with Crippen LogP contribution < -0.4 is 15.1 Å². The molecule has 0 saturated carbocycles. The van der Waals surface area contributed by atoms with E-state index < -0.39 is 29.0 Å². The Morgan fingerprint density at radius 2 is 1.64 bits per heavy atom. The number of esters is 1. The Labute approximate surface area is 280 Å². The minimum Gasteiger partial charge on any atom is -0.462 e. The first-order chi connectivity index (χ1) is 22.4. The number of benzene rings is 3. The van der Waals surface area contributed by atoms with E-state index in [1.807, 2.05) is 49.4 Å². The first kappa shape index (κ1) is 32.5. The molecule has 0 radical (unpaired) electrons. The number of aryl methyl sites for hydroxylation is 1. The molecular weight excluding hydrogens is 635 g/mol. The summed E-state index contributed by atoms with van der Waals surface area (Å²) >= 11 is 2.18. The molecule has 3 heterocycles. The van der Waals surface area contributed by atoms with Gasteiger partial charge in [0.05, 0.1) is 28.8 Å². The largest absolute Gasteiger partial charge is 0.462 e. The Morgan fingerprint density at radius 3 is 2.28 bits per heavy atom. The van der Waals surface area contributed by atoms with Crippen molar-refractivity contribution in [2.75, 3.05) is 16.8 Å². The van der Waals surface area contributed by atoms with Crippen molar-refractivity contribution in [3.63, 3.8) is 0 Å². The normalized spacial score (nSPS) is 18.9. The number of imide groups is 1. The number of hydrogen-bond acceptors (Lipinski definition) is 8. The maximum Gasteiger partial charge on any atom is 0.338 e. The van der Waals surface area contributed by atoms with Gasteiger partial charge in [0.2, 0.25) is 17.7 Å². The number of nitrogens with one attached hydrogen (secondary N) is 1. The lowest BCUT2D eigenvalue weighted by atomic mass is 9.81. The van der Waals surface area contributed by atoms with E-state index in [0.29, 0.717) is 26.8 Å². The smallest absolute Gasteiger partial charge is 0.338 e. The van der Waals surface area contributed by atoms with Gasteiger partial charge in [-0.25, -0.2) is 9.69 Å². The molecule has 0 aliphatic carbocycles. The zero-order chi connectivity index (χ0) is 33.6. The summed E-state index contributed by atoms with van der Waals surface area (Å²) in [5.74, 6) is -3.01. The fourth-order valence-electron chi connectivity index (χ4n) is 6.09. The summed E-state index contributed by atoms with van der Waals surface area (Å²) in [4.78, 5) is 68.7. The molecule has 9 nitrogen and oxygen atoms in total. The van der Waals surface area contributed by atoms with Gasteiger partial charge >= 0.3 is 10.8 Å². The second-order valence-corrected chi connectivity index (χ2v) is 14.9. The molecule has 242 valence electrons. The van der Waals surface area contributed by atoms with Crippen LogP contribution in [0.15, 0.2) is 82.6 Å². The van der Waals surface area contributed by atoms with Gasteiger partial charge in [-0.15, -0.1) is 0 Å². The number of anilines is 2. The number of thioether (sulfide) groups is 1. The highest BCUT2D eigenvalue weighted by Crippen LogP contribution is 2.54. The van der Waals surface area contributed by atoms with Gasteiger partial charge < -0.3 is 10.1 Å². The van der Waals surface area contributed by atoms with Gasteiger partial charge in [-0.2, -0.15) is 0 Å². The number of ether oxygens (including phenoxy) is 1. The van der Waals surface area contributed by atoms with Gasteiger partial charge in [-0.3, -0.25) is 23.7 Å². The third-order valence-corrected chi connectivity index (χ3v) is 11.0. The number of fused-ring (bicyclic) bond motifs is 2. The lowest BCUT2D eigenvalue weighted by Gasteiger charge is -2.31. The van der Waals surface area contributed by atoms with E-state index in [1.165, 1.54) is 21.6 Å². The molecule has 4 aromatic rings. The van der Waals surface area contributed by atoms with Crippen molar-refractivity contribution in [2.45, 2.75) is 62.8 Å². The highest BCUT2D eigenvalue weighted by atomic mass is 32.2. The van der Waals surface area contributed by atoms with Crippen LogP contribution in [0.3, 0.4) is 0 Å². The van der Waals surface area contributed by atoms with Gasteiger partial charge in [-0.05, 0) is 72.4 Å². The SMILES string of the molecule is CCOC(=O)c1ccc(N2C(=O)[C@H]3[C@H](c4ccc(C(C)(C)C)cc4)c4sc(=O)n(CC(=O)Nc5cccc(C)c5)c4S[C@H]3C2=O)cc1. The van der Waals surface area contributed by atoms with Crippen molar-refractivity contribution in [3.8, 4) is 0 Å². The Balaban J connectivity index is 1.39. The van der Waals surface area contributed by atoms with Crippen molar-refractivity contribution in [1.29, 1.82) is 0 Å². The highest BCUT2D eigenvalue weighted by Gasteiger charge is 2.56. The molecule has 3 aromatic carbocycles. The highest BCUT2D eigenvalue weighted by molar-refractivity contribution is 8.00. The maximum absolute atomic E-state index is 14.2. The van der Waals surface area contributed by atoms with Crippen LogP contribution in [-0.4, -0.2) is 40.1 Å². The standard InChI is InChI=1S/C36H35N3O6S2/c1-6-45-34(43)22-12-16-25(17-13-22)39-31(41)28-27(21-10-14-23(15-11-21)36(3,4)5)30-33(46-29(28)32(39)42)38(35(44)47-30)19-26(40)37-24-9-7-8-20(2)18-24/h7-18,27-29H,6,19H2,1-5H3,(H,37,40)/t27-,28-,29+/m0/s1. The van der Waals surface area contributed by atoms with Crippen molar-refractivity contribution in [3.05, 3.63) is 110 Å². The van der Waals surface area contributed by atoms with E-state index >= 15 is 0 Å². The molecular formula is C36H35N3O6S2. The second-order valence-electron chi connectivity index (χ2n) is 12.7. The Morgan fingerprint density at radius 1 is 0.936 bits per heavy atom. The van der Waals surface area contributed by atoms with E-state index in [9.17, 15) is 24.0 Å². The van der Waals surface area contributed by atoms with Crippen LogP contribution in [0.5, 0.6) is 0 Å². The number of amides is 3. The molecule has 0 bridgehead atoms. The quantitative estimate of drug-likeness (QED) is 0.186. The molecule has 2 aliphatic heterocycles. The zero-order valence-corrected chi connectivity index (χ0v) is 28.4. The molecule has 1 aromatic heterocycles. The van der Waals surface area contributed by atoms with E-state index in [4.69, 9.17) is 4.74 Å². The zero-order valence-electron chi connectivity index (χ0n) is 26.7. The minimum absolute atomic E-state index is 0.0981. The molecule has 0 unspecified atom stereocenters. The van der Waals surface area contributed by atoms with E-state index in [-0.39, 0.29) is 35.3 Å². The number of hydrogen-bond donors (Lipinski definition) is 1. The van der Waals surface area contributed by atoms with E-state index in [2.05, 4.69) is 26.1 Å². The first-order valence-corrected chi connectivity index (χ1v) is 17.1. The van der Waals surface area contributed by atoms with Gasteiger partial charge in [-0.1, -0.05) is 80.3 Å². The number of carbonyl (C=O) groups is 4. The summed E-state index contributed by atoms with van der Waals surface area (Å²) in [5, 5.41) is 2.56. The number of rotatable bonds is 7. The predicted molar refractivity (Wildman–Crippen MR) is 183 cm³/mol. The van der Waals surface area contributed by atoms with Crippen molar-refractivity contribution in [2.24, 2.45) is 5.92 Å². The average Bonchev–Trinajstić information content (AvgIpc) is 3.47. The summed E-state index contributed by atoms with van der Waals surface area (Å²) < 4.78 is 6.49. The summed E-state index contributed by atoms with van der Waals surface area (Å²) in [6.07, 6.45) is 0. The van der Waals surface area contributed by atoms with Crippen molar-refractivity contribution < 1.29 is 23.9 Å². The monoisotopic (exact) mass is 669 g/mol. The number of thiazole rings is 1. The van der Waals surface area contributed by atoms with Gasteiger partial charge in [0.15, 0.2) is 0 Å². The van der Waals surface area contributed by atoms with Crippen LogP contribution in [0.2, 0.25) is 0 Å². The summed E-state index contributed by atoms with van der Waals surface area (Å²) in [6.45, 7) is 9.98. The van der Waals surface area contributed by atoms with Crippen LogP contribution in [-0.2, 0) is 31.1 Å². The van der Waals surface area contributed by atoms with Crippen molar-refractivity contribution in [1.82, 2.24) is 4.57 Å². The third kappa shape index (κ3) is 6.17. The topological polar surface area (TPSA) is 115 Å². The van der Waals surface area contributed by atoms with Gasteiger partial charge in [0.25, 0.3) is 0 Å². The number of carbonyl (C=O) groups excluding carboxylic acids is 4. The van der Waals surface area contributed by atoms with Gasteiger partial charge in [0, 0.05) is 16.5 Å². The molecule has 47 heavy (non-hydrogen) atoms. The fourth-order valence-corrected chi connectivity index (χ4v) is 8.86. The molecule has 3 amide bonds. The minimum atomic E-state index is -0.827. The molecule has 1 N–H and O–H groups in total. The Hall–Kier alpha value is -4.48. The van der Waals surface area contributed by atoms with E-state index in [0.717, 1.165) is 39.8 Å². The molecule has 1 saturated heterocycles. The van der Waals surface area contributed by atoms with Crippen LogP contribution in [0.1, 0.15) is 65.5 Å². The maximum atomic E-state index is 14.2. The Kier molecular flexibility index (Phi) is 8.71. The number of nitrogens with zero attached hydrogens (tertiary/aromatic N) is 2. The van der Waals surface area contributed by atoms with Crippen LogP contribution in [0.25, 0.3) is 0 Å². The van der Waals surface area contributed by atoms with Crippen LogP contribution in [0.4, 0.5) is 11.4 Å². The molecule has 11 heteroatoms. The fraction of sp³-hybridized carbons (Fsp3) is 0.306. The Bertz CT molecular complexity index is 1940. The molecule has 6 rings (SSSR count). The van der Waals surface area contributed by atoms with Crippen LogP contribution >= 0.6 is 23.1 Å². The van der Waals surface area contributed by atoms with Crippen molar-refractivity contribution >= 4 is 58.2 Å². The third-order valence-electron chi connectivity index (χ3n) is 8.43. The van der Waals surface area contributed by atoms with Crippen LogP contribution in [0, 0.1) is 12.8 Å².